The summed E-state index contributed by atoms with van der Waals surface area (Å²) in [4.78, 5) is 0. The Kier molecular flexibility index (Phi) is 5.16. The first-order valence-electron chi connectivity index (χ1n) is 6.46. The Hall–Kier alpha value is -0.860. The molecule has 0 saturated carbocycles. The number of rotatable bonds is 5. The van der Waals surface area contributed by atoms with E-state index in [4.69, 9.17) is 5.73 Å². The van der Waals surface area contributed by atoms with Crippen LogP contribution in [-0.4, -0.2) is 13.6 Å². The third kappa shape index (κ3) is 3.30. The molecule has 0 heterocycles. The van der Waals surface area contributed by atoms with Crippen molar-refractivity contribution in [2.45, 2.75) is 46.6 Å². The zero-order valence-corrected chi connectivity index (χ0v) is 11.9. The monoisotopic (exact) mass is 234 g/mol. The van der Waals surface area contributed by atoms with E-state index < -0.39 is 0 Å². The van der Waals surface area contributed by atoms with Crippen LogP contribution in [0, 0.1) is 27.7 Å². The van der Waals surface area contributed by atoms with Gasteiger partial charge in [0, 0.05) is 6.04 Å². The van der Waals surface area contributed by atoms with Crippen molar-refractivity contribution < 1.29 is 0 Å². The lowest BCUT2D eigenvalue weighted by Gasteiger charge is -2.21. The first-order valence-corrected chi connectivity index (χ1v) is 6.46. The van der Waals surface area contributed by atoms with Crippen molar-refractivity contribution in [2.24, 2.45) is 5.73 Å². The normalized spacial score (nSPS) is 12.8. The largest absolute Gasteiger partial charge is 0.324 e. The standard InChI is InChI=1S/C15H26N2/c1-10-9-11(2)13(4)15(12(10)3)14(16)7-6-8-17-5/h9,14,17H,6-8,16H2,1-5H3. The van der Waals surface area contributed by atoms with E-state index in [9.17, 15) is 0 Å². The van der Waals surface area contributed by atoms with Crippen LogP contribution in [0.15, 0.2) is 6.07 Å². The molecule has 0 aliphatic heterocycles. The van der Waals surface area contributed by atoms with E-state index in [0.717, 1.165) is 19.4 Å². The summed E-state index contributed by atoms with van der Waals surface area (Å²) in [5, 5.41) is 3.17. The van der Waals surface area contributed by atoms with Crippen LogP contribution in [0.3, 0.4) is 0 Å². The SMILES string of the molecule is CNCCCC(N)c1c(C)c(C)cc(C)c1C. The van der Waals surface area contributed by atoms with Gasteiger partial charge in [-0.3, -0.25) is 0 Å². The van der Waals surface area contributed by atoms with E-state index in [0.29, 0.717) is 0 Å². The summed E-state index contributed by atoms with van der Waals surface area (Å²) in [5.41, 5.74) is 13.1. The Morgan fingerprint density at radius 1 is 1.12 bits per heavy atom. The van der Waals surface area contributed by atoms with Crippen LogP contribution in [0.2, 0.25) is 0 Å². The molecule has 2 nitrogen and oxygen atoms in total. The van der Waals surface area contributed by atoms with E-state index in [1.807, 2.05) is 7.05 Å². The molecule has 1 aromatic carbocycles. The van der Waals surface area contributed by atoms with E-state index in [-0.39, 0.29) is 6.04 Å². The topological polar surface area (TPSA) is 38.0 Å². The fraction of sp³-hybridized carbons (Fsp3) is 0.600. The number of aryl methyl sites for hydroxylation is 2. The summed E-state index contributed by atoms with van der Waals surface area (Å²) in [6.07, 6.45) is 2.18. The van der Waals surface area contributed by atoms with Crippen LogP contribution in [0.25, 0.3) is 0 Å². The van der Waals surface area contributed by atoms with Gasteiger partial charge < -0.3 is 11.1 Å². The highest BCUT2D eigenvalue weighted by molar-refractivity contribution is 5.45. The predicted molar refractivity (Wildman–Crippen MR) is 75.5 cm³/mol. The number of nitrogens with one attached hydrogen (secondary N) is 1. The molecule has 3 N–H and O–H groups in total. The molecule has 0 aliphatic rings. The molecule has 17 heavy (non-hydrogen) atoms. The van der Waals surface area contributed by atoms with Crippen molar-refractivity contribution in [3.05, 3.63) is 33.9 Å². The summed E-state index contributed by atoms with van der Waals surface area (Å²) < 4.78 is 0. The lowest BCUT2D eigenvalue weighted by molar-refractivity contribution is 0.585. The van der Waals surface area contributed by atoms with Gasteiger partial charge in [-0.15, -0.1) is 0 Å². The lowest BCUT2D eigenvalue weighted by Crippen LogP contribution is -2.17. The average Bonchev–Trinajstić information content (AvgIpc) is 2.27. The van der Waals surface area contributed by atoms with Gasteiger partial charge in [-0.25, -0.2) is 0 Å². The van der Waals surface area contributed by atoms with Crippen molar-refractivity contribution in [1.82, 2.24) is 5.32 Å². The molecule has 1 unspecified atom stereocenters. The summed E-state index contributed by atoms with van der Waals surface area (Å²) in [6.45, 7) is 9.76. The summed E-state index contributed by atoms with van der Waals surface area (Å²) in [5.74, 6) is 0. The van der Waals surface area contributed by atoms with E-state index in [1.54, 1.807) is 0 Å². The second kappa shape index (κ2) is 6.18. The third-order valence-electron chi connectivity index (χ3n) is 3.74. The molecular formula is C15H26N2. The van der Waals surface area contributed by atoms with Crippen molar-refractivity contribution in [3.8, 4) is 0 Å². The Balaban J connectivity index is 2.95. The molecule has 2 heteroatoms. The van der Waals surface area contributed by atoms with E-state index in [1.165, 1.54) is 27.8 Å². The molecule has 96 valence electrons. The van der Waals surface area contributed by atoms with Gasteiger partial charge in [0.1, 0.15) is 0 Å². The van der Waals surface area contributed by atoms with Gasteiger partial charge in [0.2, 0.25) is 0 Å². The number of nitrogens with two attached hydrogens (primary N) is 1. The summed E-state index contributed by atoms with van der Waals surface area (Å²) in [6, 6.07) is 2.43. The highest BCUT2D eigenvalue weighted by atomic mass is 14.8. The molecule has 0 fully saturated rings. The van der Waals surface area contributed by atoms with Crippen molar-refractivity contribution in [2.75, 3.05) is 13.6 Å². The fourth-order valence-corrected chi connectivity index (χ4v) is 2.45. The highest BCUT2D eigenvalue weighted by Crippen LogP contribution is 2.28. The van der Waals surface area contributed by atoms with Gasteiger partial charge in [-0.2, -0.15) is 0 Å². The van der Waals surface area contributed by atoms with Crippen LogP contribution in [0.4, 0.5) is 0 Å². The van der Waals surface area contributed by atoms with E-state index >= 15 is 0 Å². The first-order chi connectivity index (χ1) is 7.99. The van der Waals surface area contributed by atoms with Crippen LogP contribution >= 0.6 is 0 Å². The smallest absolute Gasteiger partial charge is 0.0300 e. The van der Waals surface area contributed by atoms with Crippen LogP contribution < -0.4 is 11.1 Å². The maximum Gasteiger partial charge on any atom is 0.0300 e. The van der Waals surface area contributed by atoms with Crippen molar-refractivity contribution in [3.63, 3.8) is 0 Å². The second-order valence-corrected chi connectivity index (χ2v) is 5.03. The summed E-state index contributed by atoms with van der Waals surface area (Å²) in [7, 11) is 1.98. The molecule has 0 bridgehead atoms. The van der Waals surface area contributed by atoms with Crippen molar-refractivity contribution in [1.29, 1.82) is 0 Å². The van der Waals surface area contributed by atoms with E-state index in [2.05, 4.69) is 39.1 Å². The first kappa shape index (κ1) is 14.2. The van der Waals surface area contributed by atoms with Gasteiger partial charge in [0.25, 0.3) is 0 Å². The fourth-order valence-electron chi connectivity index (χ4n) is 2.45. The minimum Gasteiger partial charge on any atom is -0.324 e. The van der Waals surface area contributed by atoms with Crippen molar-refractivity contribution >= 4 is 0 Å². The zero-order chi connectivity index (χ0) is 13.0. The minimum atomic E-state index is 0.168. The van der Waals surface area contributed by atoms with Crippen LogP contribution in [-0.2, 0) is 0 Å². The van der Waals surface area contributed by atoms with Crippen LogP contribution in [0.5, 0.6) is 0 Å². The van der Waals surface area contributed by atoms with Crippen LogP contribution in [0.1, 0.15) is 46.7 Å². The quantitative estimate of drug-likeness (QED) is 0.769. The molecule has 1 aromatic rings. The zero-order valence-electron chi connectivity index (χ0n) is 11.9. The highest BCUT2D eigenvalue weighted by Gasteiger charge is 2.14. The Morgan fingerprint density at radius 2 is 1.65 bits per heavy atom. The molecule has 0 amide bonds. The maximum absolute atomic E-state index is 6.35. The molecule has 0 aromatic heterocycles. The number of hydrogen-bond donors (Lipinski definition) is 2. The Morgan fingerprint density at radius 3 is 2.12 bits per heavy atom. The molecule has 0 saturated heterocycles. The molecule has 1 atom stereocenters. The van der Waals surface area contributed by atoms with Gasteiger partial charge in [0.15, 0.2) is 0 Å². The van der Waals surface area contributed by atoms with Gasteiger partial charge >= 0.3 is 0 Å². The number of hydrogen-bond acceptors (Lipinski definition) is 2. The maximum atomic E-state index is 6.35. The second-order valence-electron chi connectivity index (χ2n) is 5.03. The molecule has 0 aliphatic carbocycles. The lowest BCUT2D eigenvalue weighted by atomic mass is 9.88. The Labute approximate surface area is 106 Å². The third-order valence-corrected chi connectivity index (χ3v) is 3.74. The van der Waals surface area contributed by atoms with Gasteiger partial charge in [0.05, 0.1) is 0 Å². The van der Waals surface area contributed by atoms with Gasteiger partial charge in [-0.1, -0.05) is 6.07 Å². The minimum absolute atomic E-state index is 0.168. The predicted octanol–water partition coefficient (Wildman–Crippen LogP) is 2.92. The molecule has 0 spiro atoms. The average molecular weight is 234 g/mol. The summed E-state index contributed by atoms with van der Waals surface area (Å²) >= 11 is 0. The van der Waals surface area contributed by atoms with Gasteiger partial charge in [-0.05, 0) is 81.9 Å². The molecule has 1 rings (SSSR count). The molecular weight excluding hydrogens is 208 g/mol. The number of benzene rings is 1. The molecule has 0 radical (unpaired) electrons. The Bertz CT molecular complexity index is 357.